The molecule has 0 bridgehead atoms. The predicted octanol–water partition coefficient (Wildman–Crippen LogP) is 2.99. The van der Waals surface area contributed by atoms with E-state index in [2.05, 4.69) is 26.2 Å². The van der Waals surface area contributed by atoms with Gasteiger partial charge in [0.15, 0.2) is 0 Å². The van der Waals surface area contributed by atoms with E-state index in [9.17, 15) is 9.90 Å². The van der Waals surface area contributed by atoms with Gasteiger partial charge in [0.25, 0.3) is 0 Å². The van der Waals surface area contributed by atoms with Gasteiger partial charge in [-0.15, -0.1) is 6.58 Å². The average molecular weight is 269 g/mol. The van der Waals surface area contributed by atoms with Gasteiger partial charge < -0.3 is 10.0 Å². The van der Waals surface area contributed by atoms with Crippen LogP contribution in [-0.2, 0) is 4.79 Å². The van der Waals surface area contributed by atoms with E-state index in [-0.39, 0.29) is 11.9 Å². The second kappa shape index (κ2) is 6.02. The molecule has 0 aromatic rings. The van der Waals surface area contributed by atoms with Crippen LogP contribution >= 0.6 is 0 Å². The van der Waals surface area contributed by atoms with Gasteiger partial charge in [0, 0.05) is 20.5 Å². The van der Waals surface area contributed by atoms with Crippen LogP contribution in [0.15, 0.2) is 12.2 Å². The molecule has 2 atom stereocenters. The summed E-state index contributed by atoms with van der Waals surface area (Å²) in [6.07, 6.45) is 2.30. The fourth-order valence-electron chi connectivity index (χ4n) is 2.75. The van der Waals surface area contributed by atoms with Gasteiger partial charge in [0.2, 0.25) is 5.91 Å². The van der Waals surface area contributed by atoms with Crippen molar-refractivity contribution >= 4 is 14.0 Å². The van der Waals surface area contributed by atoms with Crippen LogP contribution in [0.1, 0.15) is 32.6 Å². The molecule has 18 heavy (non-hydrogen) atoms. The fraction of sp³-hybridized carbons (Fsp3) is 0.786. The van der Waals surface area contributed by atoms with Crippen LogP contribution in [0.3, 0.4) is 0 Å². The van der Waals surface area contributed by atoms with Gasteiger partial charge in [-0.2, -0.15) is 0 Å². The Kier molecular flexibility index (Phi) is 5.17. The van der Waals surface area contributed by atoms with Crippen LogP contribution in [0.5, 0.6) is 0 Å². The van der Waals surface area contributed by atoms with Gasteiger partial charge in [-0.05, 0) is 32.2 Å². The first kappa shape index (κ1) is 15.4. The normalized spacial score (nSPS) is 23.1. The molecule has 1 amide bonds. The molecule has 1 N–H and O–H groups in total. The fourth-order valence-corrected chi connectivity index (χ4v) is 4.39. The summed E-state index contributed by atoms with van der Waals surface area (Å²) in [6.45, 7) is 13.1. The molecule has 1 saturated heterocycles. The molecule has 1 unspecified atom stereocenters. The van der Waals surface area contributed by atoms with Crippen molar-refractivity contribution in [2.24, 2.45) is 0 Å². The smallest absolute Gasteiger partial charge is 0.224 e. The van der Waals surface area contributed by atoms with Crippen LogP contribution < -0.4 is 0 Å². The van der Waals surface area contributed by atoms with Crippen molar-refractivity contribution in [3.8, 4) is 0 Å². The zero-order valence-electron chi connectivity index (χ0n) is 12.2. The molecule has 4 heteroatoms. The number of aliphatic hydroxyl groups is 1. The van der Waals surface area contributed by atoms with Gasteiger partial charge in [0.1, 0.15) is 6.23 Å². The highest BCUT2D eigenvalue weighted by Gasteiger charge is 2.30. The van der Waals surface area contributed by atoms with Crippen molar-refractivity contribution in [2.45, 2.75) is 70.6 Å². The maximum Gasteiger partial charge on any atom is 0.224 e. The Morgan fingerprint density at radius 3 is 2.67 bits per heavy atom. The summed E-state index contributed by atoms with van der Waals surface area (Å²) in [5.74, 6) is 0.0852. The molecule has 3 nitrogen and oxygen atoms in total. The first-order chi connectivity index (χ1) is 8.20. The van der Waals surface area contributed by atoms with Crippen LogP contribution in [0.25, 0.3) is 0 Å². The number of likely N-dealkylation sites (tertiary alicyclic amines) is 1. The topological polar surface area (TPSA) is 40.5 Å². The predicted molar refractivity (Wildman–Crippen MR) is 78.1 cm³/mol. The van der Waals surface area contributed by atoms with E-state index in [0.717, 1.165) is 18.9 Å². The summed E-state index contributed by atoms with van der Waals surface area (Å²) in [5, 5.41) is 9.94. The Hall–Kier alpha value is -0.613. The van der Waals surface area contributed by atoms with Crippen LogP contribution in [0, 0.1) is 0 Å². The van der Waals surface area contributed by atoms with Gasteiger partial charge in [0.05, 0.1) is 0 Å². The van der Waals surface area contributed by atoms with E-state index in [1.165, 1.54) is 5.57 Å². The molecule has 1 aliphatic heterocycles. The number of carbonyl (C=O) groups excluding carboxylic acids is 1. The molecular weight excluding hydrogens is 242 g/mol. The maximum atomic E-state index is 11.9. The summed E-state index contributed by atoms with van der Waals surface area (Å²) in [4.78, 5) is 13.5. The number of rotatable bonds is 5. The highest BCUT2D eigenvalue weighted by molar-refractivity contribution is 6.76. The average Bonchev–Trinajstić information content (AvgIpc) is 2.13. The number of hydrogen-bond donors (Lipinski definition) is 1. The summed E-state index contributed by atoms with van der Waals surface area (Å²) in [5.41, 5.74) is 1.22. The summed E-state index contributed by atoms with van der Waals surface area (Å²) in [7, 11) is -1.14. The van der Waals surface area contributed by atoms with Crippen LogP contribution in [-0.4, -0.2) is 36.3 Å². The SMILES string of the molecule is C=C(C[C@@H](C)N1C(=O)CCCC1O)C[Si](C)(C)C. The van der Waals surface area contributed by atoms with Crippen molar-refractivity contribution < 1.29 is 9.90 Å². The molecule has 1 aliphatic rings. The third kappa shape index (κ3) is 4.57. The zero-order valence-corrected chi connectivity index (χ0v) is 13.2. The monoisotopic (exact) mass is 269 g/mol. The minimum Gasteiger partial charge on any atom is -0.374 e. The van der Waals surface area contributed by atoms with E-state index in [1.807, 2.05) is 6.92 Å². The quantitative estimate of drug-likeness (QED) is 0.616. The third-order valence-electron chi connectivity index (χ3n) is 3.30. The number of nitrogens with zero attached hydrogens (tertiary/aromatic N) is 1. The van der Waals surface area contributed by atoms with Crippen molar-refractivity contribution in [1.82, 2.24) is 4.90 Å². The lowest BCUT2D eigenvalue weighted by Gasteiger charge is -2.37. The molecule has 0 aliphatic carbocycles. The lowest BCUT2D eigenvalue weighted by atomic mass is 10.0. The van der Waals surface area contributed by atoms with E-state index in [0.29, 0.717) is 12.8 Å². The molecule has 0 saturated carbocycles. The summed E-state index contributed by atoms with van der Waals surface area (Å²) < 4.78 is 0. The molecule has 104 valence electrons. The van der Waals surface area contributed by atoms with Crippen molar-refractivity contribution in [3.05, 3.63) is 12.2 Å². The van der Waals surface area contributed by atoms with Crippen LogP contribution in [0.4, 0.5) is 0 Å². The van der Waals surface area contributed by atoms with Crippen molar-refractivity contribution in [2.75, 3.05) is 0 Å². The van der Waals surface area contributed by atoms with Crippen molar-refractivity contribution in [1.29, 1.82) is 0 Å². The lowest BCUT2D eigenvalue weighted by molar-refractivity contribution is -0.150. The first-order valence-electron chi connectivity index (χ1n) is 6.86. The van der Waals surface area contributed by atoms with E-state index in [1.54, 1.807) is 4.90 Å². The molecule has 0 radical (unpaired) electrons. The first-order valence-corrected chi connectivity index (χ1v) is 10.6. The largest absolute Gasteiger partial charge is 0.374 e. The number of amides is 1. The molecule has 0 aromatic carbocycles. The lowest BCUT2D eigenvalue weighted by Crippen LogP contribution is -2.48. The summed E-state index contributed by atoms with van der Waals surface area (Å²) in [6, 6.07) is 1.16. The van der Waals surface area contributed by atoms with Crippen LogP contribution in [0.2, 0.25) is 25.7 Å². The minimum atomic E-state index is -1.14. The Bertz CT molecular complexity index is 322. The molecule has 0 aromatic heterocycles. The second-order valence-corrected chi connectivity index (χ2v) is 12.2. The van der Waals surface area contributed by atoms with E-state index in [4.69, 9.17) is 0 Å². The van der Waals surface area contributed by atoms with Gasteiger partial charge >= 0.3 is 0 Å². The molecule has 1 rings (SSSR count). The number of piperidine rings is 1. The third-order valence-corrected chi connectivity index (χ3v) is 4.86. The van der Waals surface area contributed by atoms with Gasteiger partial charge in [-0.25, -0.2) is 0 Å². The van der Waals surface area contributed by atoms with Gasteiger partial charge in [-0.3, -0.25) is 4.79 Å². The highest BCUT2D eigenvalue weighted by atomic mass is 28.3. The second-order valence-electron chi connectivity index (χ2n) is 6.71. The highest BCUT2D eigenvalue weighted by Crippen LogP contribution is 2.25. The summed E-state index contributed by atoms with van der Waals surface area (Å²) >= 11 is 0. The van der Waals surface area contributed by atoms with E-state index >= 15 is 0 Å². The maximum absolute atomic E-state index is 11.9. The Morgan fingerprint density at radius 2 is 2.17 bits per heavy atom. The molecule has 1 heterocycles. The zero-order chi connectivity index (χ0) is 13.9. The number of aliphatic hydroxyl groups excluding tert-OH is 1. The number of carbonyl (C=O) groups is 1. The standard InChI is InChI=1S/C14H27NO2Si/c1-11(10-18(3,4)5)9-12(2)15-13(16)7-6-8-14(15)17/h12-13,16H,1,6-10H2,2-5H3/t12-,13?/m1/s1. The minimum absolute atomic E-state index is 0.0663. The Morgan fingerprint density at radius 1 is 1.56 bits per heavy atom. The Labute approximate surface area is 112 Å². The van der Waals surface area contributed by atoms with E-state index < -0.39 is 14.3 Å². The molecule has 1 fully saturated rings. The van der Waals surface area contributed by atoms with Crippen molar-refractivity contribution in [3.63, 3.8) is 0 Å². The molecular formula is C14H27NO2Si. The Balaban J connectivity index is 2.56. The molecule has 0 spiro atoms. The number of hydrogen-bond acceptors (Lipinski definition) is 2. The van der Waals surface area contributed by atoms with Gasteiger partial charge in [-0.1, -0.05) is 25.2 Å².